The molecule has 0 amide bonds. The number of nitrogens with two attached hydrogens (primary N) is 1. The van der Waals surface area contributed by atoms with Crippen LogP contribution >= 0.6 is 0 Å². The van der Waals surface area contributed by atoms with Gasteiger partial charge in [-0.3, -0.25) is 11.3 Å². The summed E-state index contributed by atoms with van der Waals surface area (Å²) in [5.74, 6) is 7.38. The monoisotopic (exact) mass is 226 g/mol. The summed E-state index contributed by atoms with van der Waals surface area (Å²) in [5.41, 5.74) is 3.07. The van der Waals surface area contributed by atoms with Crippen LogP contribution in [-0.2, 0) is 0 Å². The number of nitrogens with one attached hydrogen (secondary N) is 1. The summed E-state index contributed by atoms with van der Waals surface area (Å²) in [6, 6.07) is 0.567. The van der Waals surface area contributed by atoms with E-state index in [0.29, 0.717) is 6.04 Å². The van der Waals surface area contributed by atoms with Crippen molar-refractivity contribution < 1.29 is 0 Å². The predicted octanol–water partition coefficient (Wildman–Crippen LogP) is 3.62. The molecule has 1 aliphatic carbocycles. The van der Waals surface area contributed by atoms with Gasteiger partial charge in [0.05, 0.1) is 0 Å². The SMILES string of the molecule is CC(C)CCCC(NN)C1CCCCCC1. The summed E-state index contributed by atoms with van der Waals surface area (Å²) in [4.78, 5) is 0. The van der Waals surface area contributed by atoms with E-state index in [2.05, 4.69) is 19.3 Å². The van der Waals surface area contributed by atoms with Crippen LogP contribution in [0.15, 0.2) is 0 Å². The van der Waals surface area contributed by atoms with Gasteiger partial charge in [0.25, 0.3) is 0 Å². The second-order valence-corrected chi connectivity index (χ2v) is 5.85. The Morgan fingerprint density at radius 3 is 2.19 bits per heavy atom. The molecule has 16 heavy (non-hydrogen) atoms. The van der Waals surface area contributed by atoms with Crippen LogP contribution in [0.1, 0.15) is 71.6 Å². The molecule has 0 heterocycles. The maximum Gasteiger partial charge on any atom is 0.0238 e. The third-order valence-electron chi connectivity index (χ3n) is 3.98. The second-order valence-electron chi connectivity index (χ2n) is 5.85. The van der Waals surface area contributed by atoms with E-state index in [4.69, 9.17) is 5.84 Å². The highest BCUT2D eigenvalue weighted by molar-refractivity contribution is 4.76. The summed E-state index contributed by atoms with van der Waals surface area (Å²) < 4.78 is 0. The topological polar surface area (TPSA) is 38.0 Å². The first-order valence-electron chi connectivity index (χ1n) is 7.20. The van der Waals surface area contributed by atoms with Crippen molar-refractivity contribution in [3.05, 3.63) is 0 Å². The van der Waals surface area contributed by atoms with Gasteiger partial charge >= 0.3 is 0 Å². The summed E-state index contributed by atoms with van der Waals surface area (Å²) in [6.07, 6.45) is 12.4. The zero-order valence-corrected chi connectivity index (χ0v) is 11.2. The molecular weight excluding hydrogens is 196 g/mol. The summed E-state index contributed by atoms with van der Waals surface area (Å²) in [5, 5.41) is 0. The minimum Gasteiger partial charge on any atom is -0.271 e. The normalized spacial score (nSPS) is 21.0. The van der Waals surface area contributed by atoms with Gasteiger partial charge in [-0.1, -0.05) is 52.4 Å². The minimum absolute atomic E-state index is 0.567. The van der Waals surface area contributed by atoms with Gasteiger partial charge in [-0.05, 0) is 31.1 Å². The van der Waals surface area contributed by atoms with Gasteiger partial charge in [0.1, 0.15) is 0 Å². The molecule has 3 N–H and O–H groups in total. The number of hydrogen-bond acceptors (Lipinski definition) is 2. The average Bonchev–Trinajstić information content (AvgIpc) is 2.52. The standard InChI is InChI=1S/C14H30N2/c1-12(2)8-7-11-14(16-15)13-9-5-3-4-6-10-13/h12-14,16H,3-11,15H2,1-2H3. The summed E-state index contributed by atoms with van der Waals surface area (Å²) >= 11 is 0. The first kappa shape index (κ1) is 14.0. The van der Waals surface area contributed by atoms with Gasteiger partial charge < -0.3 is 0 Å². The molecule has 0 radical (unpaired) electrons. The van der Waals surface area contributed by atoms with E-state index in [1.54, 1.807) is 0 Å². The molecule has 1 aliphatic rings. The van der Waals surface area contributed by atoms with Crippen molar-refractivity contribution in [1.29, 1.82) is 0 Å². The van der Waals surface area contributed by atoms with Crippen molar-refractivity contribution >= 4 is 0 Å². The van der Waals surface area contributed by atoms with Crippen LogP contribution in [0.25, 0.3) is 0 Å². The lowest BCUT2D eigenvalue weighted by molar-refractivity contribution is 0.296. The first-order valence-corrected chi connectivity index (χ1v) is 7.20. The largest absolute Gasteiger partial charge is 0.271 e. The molecule has 0 saturated heterocycles. The van der Waals surface area contributed by atoms with Crippen LogP contribution in [0.3, 0.4) is 0 Å². The Labute approximate surface area is 101 Å². The maximum absolute atomic E-state index is 5.72. The van der Waals surface area contributed by atoms with E-state index < -0.39 is 0 Å². The van der Waals surface area contributed by atoms with Crippen molar-refractivity contribution in [2.45, 2.75) is 77.7 Å². The Bertz CT molecular complexity index is 160. The van der Waals surface area contributed by atoms with Gasteiger partial charge in [0.15, 0.2) is 0 Å². The quantitative estimate of drug-likeness (QED) is 0.412. The van der Waals surface area contributed by atoms with Crippen molar-refractivity contribution in [1.82, 2.24) is 5.43 Å². The molecule has 1 saturated carbocycles. The highest BCUT2D eigenvalue weighted by Crippen LogP contribution is 2.27. The Morgan fingerprint density at radius 1 is 1.06 bits per heavy atom. The van der Waals surface area contributed by atoms with Crippen molar-refractivity contribution in [3.8, 4) is 0 Å². The molecular formula is C14H30N2. The smallest absolute Gasteiger partial charge is 0.0238 e. The van der Waals surface area contributed by atoms with E-state index in [1.165, 1.54) is 57.8 Å². The maximum atomic E-state index is 5.72. The second kappa shape index (κ2) is 8.08. The lowest BCUT2D eigenvalue weighted by Crippen LogP contribution is -2.40. The van der Waals surface area contributed by atoms with Gasteiger partial charge in [-0.2, -0.15) is 0 Å². The summed E-state index contributed by atoms with van der Waals surface area (Å²) in [7, 11) is 0. The third kappa shape index (κ3) is 5.31. The molecule has 2 nitrogen and oxygen atoms in total. The van der Waals surface area contributed by atoms with Crippen molar-refractivity contribution in [2.24, 2.45) is 17.7 Å². The molecule has 0 aliphatic heterocycles. The molecule has 2 heteroatoms. The lowest BCUT2D eigenvalue weighted by atomic mass is 9.88. The molecule has 0 aromatic rings. The van der Waals surface area contributed by atoms with Crippen molar-refractivity contribution in [2.75, 3.05) is 0 Å². The van der Waals surface area contributed by atoms with Crippen LogP contribution in [0, 0.1) is 11.8 Å². The highest BCUT2D eigenvalue weighted by Gasteiger charge is 2.21. The number of rotatable bonds is 6. The van der Waals surface area contributed by atoms with Gasteiger partial charge in [0, 0.05) is 6.04 Å². The fraction of sp³-hybridized carbons (Fsp3) is 1.00. The van der Waals surface area contributed by atoms with E-state index >= 15 is 0 Å². The van der Waals surface area contributed by atoms with Crippen LogP contribution in [0.2, 0.25) is 0 Å². The Kier molecular flexibility index (Phi) is 7.06. The van der Waals surface area contributed by atoms with Gasteiger partial charge in [-0.15, -0.1) is 0 Å². The zero-order valence-electron chi connectivity index (χ0n) is 11.2. The fourth-order valence-corrected chi connectivity index (χ4v) is 2.91. The molecule has 1 atom stereocenters. The number of hydrogen-bond donors (Lipinski definition) is 2. The first-order chi connectivity index (χ1) is 7.74. The van der Waals surface area contributed by atoms with E-state index in [0.717, 1.165) is 11.8 Å². The predicted molar refractivity (Wildman–Crippen MR) is 71.0 cm³/mol. The van der Waals surface area contributed by atoms with E-state index in [-0.39, 0.29) is 0 Å². The Balaban J connectivity index is 2.27. The molecule has 1 rings (SSSR count). The molecule has 96 valence electrons. The Morgan fingerprint density at radius 2 is 1.69 bits per heavy atom. The molecule has 1 unspecified atom stereocenters. The molecule has 1 fully saturated rings. The van der Waals surface area contributed by atoms with E-state index in [9.17, 15) is 0 Å². The zero-order chi connectivity index (χ0) is 11.8. The van der Waals surface area contributed by atoms with E-state index in [1.807, 2.05) is 0 Å². The summed E-state index contributed by atoms with van der Waals surface area (Å²) in [6.45, 7) is 4.60. The third-order valence-corrected chi connectivity index (χ3v) is 3.98. The van der Waals surface area contributed by atoms with Crippen LogP contribution in [-0.4, -0.2) is 6.04 Å². The van der Waals surface area contributed by atoms with Crippen molar-refractivity contribution in [3.63, 3.8) is 0 Å². The number of hydrazine groups is 1. The molecule has 0 spiro atoms. The lowest BCUT2D eigenvalue weighted by Gasteiger charge is -2.25. The molecule has 0 aromatic carbocycles. The molecule has 0 bridgehead atoms. The molecule has 0 aromatic heterocycles. The highest BCUT2D eigenvalue weighted by atomic mass is 15.2. The van der Waals surface area contributed by atoms with Gasteiger partial charge in [-0.25, -0.2) is 0 Å². The Hall–Kier alpha value is -0.0800. The van der Waals surface area contributed by atoms with Gasteiger partial charge in [0.2, 0.25) is 0 Å². The average molecular weight is 226 g/mol. The van der Waals surface area contributed by atoms with Crippen LogP contribution in [0.4, 0.5) is 0 Å². The van der Waals surface area contributed by atoms with Crippen LogP contribution < -0.4 is 11.3 Å². The fourth-order valence-electron chi connectivity index (χ4n) is 2.91. The van der Waals surface area contributed by atoms with Crippen LogP contribution in [0.5, 0.6) is 0 Å². The minimum atomic E-state index is 0.567.